The topological polar surface area (TPSA) is 94.8 Å². The van der Waals surface area contributed by atoms with Crippen LogP contribution >= 0.6 is 0 Å². The van der Waals surface area contributed by atoms with E-state index in [4.69, 9.17) is 13.9 Å². The molecule has 1 heterocycles. The van der Waals surface area contributed by atoms with E-state index in [1.807, 2.05) is 26.0 Å². The number of nitrogens with one attached hydrogen (secondary N) is 1. The summed E-state index contributed by atoms with van der Waals surface area (Å²) in [4.78, 5) is 36.1. The number of carbonyl (C=O) groups excluding carboxylic acids is 2. The number of esters is 1. The van der Waals surface area contributed by atoms with Gasteiger partial charge in [-0.25, -0.2) is 9.59 Å². The minimum absolute atomic E-state index is 0.0778. The minimum atomic E-state index is -0.759. The van der Waals surface area contributed by atoms with Gasteiger partial charge in [-0.2, -0.15) is 0 Å². The van der Waals surface area contributed by atoms with Gasteiger partial charge in [0.2, 0.25) is 0 Å². The molecule has 3 aromatic rings. The van der Waals surface area contributed by atoms with Crippen LogP contribution in [0.2, 0.25) is 0 Å². The second-order valence-electron chi connectivity index (χ2n) is 6.47. The molecular formula is C22H21NO6. The van der Waals surface area contributed by atoms with Crippen LogP contribution < -0.4 is 20.4 Å². The highest BCUT2D eigenvalue weighted by Crippen LogP contribution is 2.22. The molecular weight excluding hydrogens is 374 g/mol. The number of benzene rings is 2. The van der Waals surface area contributed by atoms with Gasteiger partial charge < -0.3 is 19.2 Å². The van der Waals surface area contributed by atoms with Crippen molar-refractivity contribution in [3.8, 4) is 11.5 Å². The Labute approximate surface area is 167 Å². The molecule has 0 spiro atoms. The average molecular weight is 395 g/mol. The summed E-state index contributed by atoms with van der Waals surface area (Å²) < 4.78 is 16.0. The monoisotopic (exact) mass is 395 g/mol. The maximum atomic E-state index is 12.1. The third-order valence-corrected chi connectivity index (χ3v) is 4.42. The summed E-state index contributed by atoms with van der Waals surface area (Å²) in [7, 11) is 0. The van der Waals surface area contributed by atoms with Crippen molar-refractivity contribution < 1.29 is 23.5 Å². The highest BCUT2D eigenvalue weighted by molar-refractivity contribution is 5.96. The predicted octanol–water partition coefficient (Wildman–Crippen LogP) is 3.14. The van der Waals surface area contributed by atoms with Crippen LogP contribution in [0, 0.1) is 13.8 Å². The highest BCUT2D eigenvalue weighted by Gasteiger charge is 2.14. The number of rotatable bonds is 6. The standard InChI is InChI=1S/C22H21NO6/c1-4-23-21(25)17-10-15-8-9-16(11-19(15)29-22(17)26)28-20(24)12-27-18-7-5-6-13(2)14(18)3/h5-11H,4,12H2,1-3H3,(H,23,25). The Hall–Kier alpha value is -3.61. The number of fused-ring (bicyclic) bond motifs is 1. The van der Waals surface area contributed by atoms with Crippen molar-refractivity contribution in [2.45, 2.75) is 20.8 Å². The first kappa shape index (κ1) is 20.1. The number of amides is 1. The Morgan fingerprint density at radius 2 is 1.90 bits per heavy atom. The van der Waals surface area contributed by atoms with E-state index in [1.54, 1.807) is 25.1 Å². The first-order valence-electron chi connectivity index (χ1n) is 9.15. The van der Waals surface area contributed by atoms with Crippen molar-refractivity contribution in [2.24, 2.45) is 0 Å². The number of ether oxygens (including phenoxy) is 2. The first-order chi connectivity index (χ1) is 13.9. The third-order valence-electron chi connectivity index (χ3n) is 4.42. The van der Waals surface area contributed by atoms with Gasteiger partial charge in [0.15, 0.2) is 6.61 Å². The maximum Gasteiger partial charge on any atom is 0.349 e. The number of carbonyl (C=O) groups is 2. The van der Waals surface area contributed by atoms with Crippen molar-refractivity contribution in [3.63, 3.8) is 0 Å². The molecule has 1 aromatic heterocycles. The lowest BCUT2D eigenvalue weighted by atomic mass is 10.1. The van der Waals surface area contributed by atoms with Gasteiger partial charge in [0, 0.05) is 18.0 Å². The predicted molar refractivity (Wildman–Crippen MR) is 108 cm³/mol. The van der Waals surface area contributed by atoms with Gasteiger partial charge in [0.25, 0.3) is 5.91 Å². The Morgan fingerprint density at radius 1 is 1.10 bits per heavy atom. The fraction of sp³-hybridized carbons (Fsp3) is 0.227. The molecule has 1 N–H and O–H groups in total. The van der Waals surface area contributed by atoms with Gasteiger partial charge in [-0.15, -0.1) is 0 Å². The smallest absolute Gasteiger partial charge is 0.349 e. The van der Waals surface area contributed by atoms with E-state index in [9.17, 15) is 14.4 Å². The fourth-order valence-corrected chi connectivity index (χ4v) is 2.75. The molecule has 7 heteroatoms. The van der Waals surface area contributed by atoms with Crippen LogP contribution in [0.15, 0.2) is 51.7 Å². The Morgan fingerprint density at radius 3 is 2.66 bits per heavy atom. The van der Waals surface area contributed by atoms with Crippen molar-refractivity contribution in [2.75, 3.05) is 13.2 Å². The van der Waals surface area contributed by atoms with E-state index >= 15 is 0 Å². The van der Waals surface area contributed by atoms with Gasteiger partial charge in [0.1, 0.15) is 22.6 Å². The van der Waals surface area contributed by atoms with Crippen LogP contribution in [0.1, 0.15) is 28.4 Å². The van der Waals surface area contributed by atoms with Crippen molar-refractivity contribution in [1.29, 1.82) is 0 Å². The molecule has 0 saturated carbocycles. The van der Waals surface area contributed by atoms with Crippen molar-refractivity contribution in [1.82, 2.24) is 5.32 Å². The summed E-state index contributed by atoms with van der Waals surface area (Å²) in [5.74, 6) is -0.265. The second kappa shape index (κ2) is 8.60. The summed E-state index contributed by atoms with van der Waals surface area (Å²) in [6, 6.07) is 11.6. The molecule has 0 unspecified atom stereocenters. The van der Waals surface area contributed by atoms with E-state index in [-0.39, 0.29) is 23.5 Å². The summed E-state index contributed by atoms with van der Waals surface area (Å²) in [6.07, 6.45) is 0. The molecule has 150 valence electrons. The zero-order chi connectivity index (χ0) is 21.0. The molecule has 0 bridgehead atoms. The van der Waals surface area contributed by atoms with E-state index in [0.717, 1.165) is 11.1 Å². The molecule has 7 nitrogen and oxygen atoms in total. The summed E-state index contributed by atoms with van der Waals surface area (Å²) in [6.45, 7) is 5.76. The lowest BCUT2D eigenvalue weighted by Crippen LogP contribution is -2.27. The molecule has 0 aliphatic heterocycles. The molecule has 3 rings (SSSR count). The molecule has 2 aromatic carbocycles. The minimum Gasteiger partial charge on any atom is -0.482 e. The average Bonchev–Trinajstić information content (AvgIpc) is 2.68. The van der Waals surface area contributed by atoms with Crippen LogP contribution in [0.4, 0.5) is 0 Å². The number of hydrogen-bond acceptors (Lipinski definition) is 6. The second-order valence-corrected chi connectivity index (χ2v) is 6.47. The maximum absolute atomic E-state index is 12.1. The largest absolute Gasteiger partial charge is 0.482 e. The summed E-state index contributed by atoms with van der Waals surface area (Å²) >= 11 is 0. The highest BCUT2D eigenvalue weighted by atomic mass is 16.6. The molecule has 0 fully saturated rings. The Bertz CT molecular complexity index is 1130. The normalized spacial score (nSPS) is 10.6. The van der Waals surface area contributed by atoms with E-state index in [1.165, 1.54) is 12.1 Å². The van der Waals surface area contributed by atoms with Gasteiger partial charge in [-0.1, -0.05) is 12.1 Å². The Kier molecular flexibility index (Phi) is 5.97. The van der Waals surface area contributed by atoms with Crippen LogP contribution in [-0.2, 0) is 4.79 Å². The van der Waals surface area contributed by atoms with E-state index < -0.39 is 17.5 Å². The fourth-order valence-electron chi connectivity index (χ4n) is 2.75. The molecule has 0 aliphatic carbocycles. The van der Waals surface area contributed by atoms with Crippen LogP contribution in [0.25, 0.3) is 11.0 Å². The number of hydrogen-bond donors (Lipinski definition) is 1. The van der Waals surface area contributed by atoms with Gasteiger partial charge >= 0.3 is 11.6 Å². The SMILES string of the molecule is CCNC(=O)c1cc2ccc(OC(=O)COc3cccc(C)c3C)cc2oc1=O. The molecule has 29 heavy (non-hydrogen) atoms. The summed E-state index contributed by atoms with van der Waals surface area (Å²) in [5, 5.41) is 3.10. The summed E-state index contributed by atoms with van der Waals surface area (Å²) in [5.41, 5.74) is 1.39. The Balaban J connectivity index is 1.72. The zero-order valence-electron chi connectivity index (χ0n) is 16.4. The number of aryl methyl sites for hydroxylation is 1. The molecule has 0 radical (unpaired) electrons. The third kappa shape index (κ3) is 4.63. The quantitative estimate of drug-likeness (QED) is 0.391. The zero-order valence-corrected chi connectivity index (χ0v) is 16.4. The van der Waals surface area contributed by atoms with Crippen molar-refractivity contribution in [3.05, 3.63) is 69.6 Å². The van der Waals surface area contributed by atoms with Crippen LogP contribution in [-0.4, -0.2) is 25.0 Å². The van der Waals surface area contributed by atoms with Crippen LogP contribution in [0.5, 0.6) is 11.5 Å². The van der Waals surface area contributed by atoms with E-state index in [2.05, 4.69) is 5.32 Å². The van der Waals surface area contributed by atoms with Gasteiger partial charge in [-0.05, 0) is 56.2 Å². The molecule has 1 amide bonds. The van der Waals surface area contributed by atoms with Gasteiger partial charge in [-0.3, -0.25) is 4.79 Å². The molecule has 0 aliphatic rings. The molecule has 0 saturated heterocycles. The van der Waals surface area contributed by atoms with E-state index in [0.29, 0.717) is 17.7 Å². The first-order valence-corrected chi connectivity index (χ1v) is 9.15. The van der Waals surface area contributed by atoms with Crippen LogP contribution in [0.3, 0.4) is 0 Å². The van der Waals surface area contributed by atoms with Gasteiger partial charge in [0.05, 0.1) is 0 Å². The molecule has 0 atom stereocenters. The lowest BCUT2D eigenvalue weighted by Gasteiger charge is -2.10. The van der Waals surface area contributed by atoms with Crippen molar-refractivity contribution >= 4 is 22.8 Å². The lowest BCUT2D eigenvalue weighted by molar-refractivity contribution is -0.136.